The molecule has 0 saturated heterocycles. The highest BCUT2D eigenvalue weighted by Gasteiger charge is 2.21. The number of hydrogen-bond donors (Lipinski definition) is 2. The summed E-state index contributed by atoms with van der Waals surface area (Å²) in [6.45, 7) is 5.96. The smallest absolute Gasteiger partial charge is 0.354 e. The van der Waals surface area contributed by atoms with Crippen molar-refractivity contribution in [2.45, 2.75) is 13.8 Å². The number of carboxylic acid groups (broad SMARTS) is 1. The summed E-state index contributed by atoms with van der Waals surface area (Å²) >= 11 is 0. The van der Waals surface area contributed by atoms with Gasteiger partial charge in [-0.3, -0.25) is 9.48 Å². The maximum atomic E-state index is 12.2. The molecule has 0 fully saturated rings. The average molecular weight is 316 g/mol. The Kier molecular flexibility index (Phi) is 5.00. The van der Waals surface area contributed by atoms with E-state index in [2.05, 4.69) is 29.2 Å². The van der Waals surface area contributed by atoms with Crippen molar-refractivity contribution in [3.8, 4) is 0 Å². The second-order valence-electron chi connectivity index (χ2n) is 5.01. The first kappa shape index (κ1) is 16.5. The Hall–Kier alpha value is -2.83. The van der Waals surface area contributed by atoms with E-state index in [-0.39, 0.29) is 11.3 Å². The fraction of sp³-hybridized carbons (Fsp3) is 0.312. The molecule has 2 rings (SSSR count). The number of hydrogen-bond acceptors (Lipinski definition) is 4. The number of nitrogens with one attached hydrogen (secondary N) is 1. The molecule has 1 aromatic carbocycles. The number of carbonyl (C=O) groups excluding carboxylic acids is 1. The third-order valence-corrected chi connectivity index (χ3v) is 3.64. The van der Waals surface area contributed by atoms with Crippen molar-refractivity contribution in [1.29, 1.82) is 0 Å². The number of rotatable bonds is 6. The summed E-state index contributed by atoms with van der Waals surface area (Å²) < 4.78 is 1.17. The van der Waals surface area contributed by atoms with Gasteiger partial charge in [-0.15, -0.1) is 0 Å². The van der Waals surface area contributed by atoms with Crippen LogP contribution >= 0.6 is 0 Å². The molecule has 0 aliphatic heterocycles. The van der Waals surface area contributed by atoms with Gasteiger partial charge in [0.25, 0.3) is 5.91 Å². The molecule has 0 aliphatic carbocycles. The van der Waals surface area contributed by atoms with E-state index < -0.39 is 11.9 Å². The second-order valence-corrected chi connectivity index (χ2v) is 5.01. The number of benzene rings is 1. The quantitative estimate of drug-likeness (QED) is 0.853. The maximum absolute atomic E-state index is 12.2. The van der Waals surface area contributed by atoms with E-state index in [1.807, 2.05) is 12.1 Å². The molecule has 7 heteroatoms. The number of amides is 1. The van der Waals surface area contributed by atoms with Crippen LogP contribution in [-0.4, -0.2) is 39.9 Å². The number of aryl methyl sites for hydroxylation is 1. The molecule has 0 saturated carbocycles. The first-order valence-electron chi connectivity index (χ1n) is 7.39. The molecule has 0 spiro atoms. The van der Waals surface area contributed by atoms with Gasteiger partial charge in [0, 0.05) is 31.5 Å². The van der Waals surface area contributed by atoms with Gasteiger partial charge in [-0.2, -0.15) is 5.10 Å². The topological polar surface area (TPSA) is 87.5 Å². The van der Waals surface area contributed by atoms with Crippen molar-refractivity contribution in [2.24, 2.45) is 7.05 Å². The Morgan fingerprint density at radius 1 is 1.22 bits per heavy atom. The molecule has 2 N–H and O–H groups in total. The van der Waals surface area contributed by atoms with Gasteiger partial charge in [0.1, 0.15) is 0 Å². The fourth-order valence-corrected chi connectivity index (χ4v) is 2.40. The number of carbonyl (C=O) groups is 2. The minimum atomic E-state index is -1.19. The molecular formula is C16H20N4O3. The van der Waals surface area contributed by atoms with Crippen LogP contribution in [0.1, 0.15) is 34.7 Å². The van der Waals surface area contributed by atoms with Crippen molar-refractivity contribution in [3.63, 3.8) is 0 Å². The monoisotopic (exact) mass is 316 g/mol. The van der Waals surface area contributed by atoms with Gasteiger partial charge in [0.15, 0.2) is 5.69 Å². The zero-order valence-corrected chi connectivity index (χ0v) is 13.4. The van der Waals surface area contributed by atoms with Crippen molar-refractivity contribution >= 4 is 23.3 Å². The summed E-state index contributed by atoms with van der Waals surface area (Å²) in [7, 11) is 1.49. The predicted octanol–water partition coefficient (Wildman–Crippen LogP) is 2.22. The molecule has 122 valence electrons. The minimum Gasteiger partial charge on any atom is -0.477 e. The Bertz CT molecular complexity index is 703. The van der Waals surface area contributed by atoms with Gasteiger partial charge in [-0.1, -0.05) is 0 Å². The van der Waals surface area contributed by atoms with Gasteiger partial charge >= 0.3 is 5.97 Å². The molecule has 1 aromatic heterocycles. The Morgan fingerprint density at radius 2 is 1.83 bits per heavy atom. The van der Waals surface area contributed by atoms with Gasteiger partial charge in [0.05, 0.1) is 11.8 Å². The first-order chi connectivity index (χ1) is 11.0. The highest BCUT2D eigenvalue weighted by Crippen LogP contribution is 2.19. The van der Waals surface area contributed by atoms with Crippen molar-refractivity contribution in [3.05, 3.63) is 41.7 Å². The highest BCUT2D eigenvalue weighted by atomic mass is 16.4. The summed E-state index contributed by atoms with van der Waals surface area (Å²) in [5.74, 6) is -1.68. The Morgan fingerprint density at radius 3 is 2.35 bits per heavy atom. The van der Waals surface area contributed by atoms with Crippen LogP contribution in [0.2, 0.25) is 0 Å². The SMILES string of the molecule is CCN(CC)c1ccc(NC(=O)c2cnn(C)c2C(=O)O)cc1. The van der Waals surface area contributed by atoms with E-state index in [4.69, 9.17) is 5.11 Å². The summed E-state index contributed by atoms with van der Waals surface area (Å²) in [6.07, 6.45) is 1.25. The third-order valence-electron chi connectivity index (χ3n) is 3.64. The molecular weight excluding hydrogens is 296 g/mol. The summed E-state index contributed by atoms with van der Waals surface area (Å²) in [6, 6.07) is 7.43. The van der Waals surface area contributed by atoms with Crippen LogP contribution in [0.15, 0.2) is 30.5 Å². The lowest BCUT2D eigenvalue weighted by Crippen LogP contribution is -2.21. The summed E-state index contributed by atoms with van der Waals surface area (Å²) in [5.41, 5.74) is 1.57. The molecule has 1 heterocycles. The number of aromatic nitrogens is 2. The van der Waals surface area contributed by atoms with Crippen molar-refractivity contribution < 1.29 is 14.7 Å². The standard InChI is InChI=1S/C16H20N4O3/c1-4-20(5-2)12-8-6-11(7-9-12)18-15(21)13-10-17-19(3)14(13)16(22)23/h6-10H,4-5H2,1-3H3,(H,18,21)(H,22,23). The van der Waals surface area contributed by atoms with Crippen molar-refractivity contribution in [1.82, 2.24) is 9.78 Å². The molecule has 0 unspecified atom stereocenters. The van der Waals surface area contributed by atoms with Crippen molar-refractivity contribution in [2.75, 3.05) is 23.3 Å². The van der Waals surface area contributed by atoms with Crippen LogP contribution in [0.3, 0.4) is 0 Å². The van der Waals surface area contributed by atoms with E-state index in [1.54, 1.807) is 12.1 Å². The summed E-state index contributed by atoms with van der Waals surface area (Å²) in [5, 5.41) is 15.7. The van der Waals surface area contributed by atoms with E-state index >= 15 is 0 Å². The normalized spacial score (nSPS) is 10.4. The van der Waals surface area contributed by atoms with Gasteiger partial charge < -0.3 is 15.3 Å². The maximum Gasteiger partial charge on any atom is 0.354 e. The molecule has 1 amide bonds. The average Bonchev–Trinajstić information content (AvgIpc) is 2.92. The van der Waals surface area contributed by atoms with E-state index in [1.165, 1.54) is 17.9 Å². The van der Waals surface area contributed by atoms with Crippen LogP contribution in [0.4, 0.5) is 11.4 Å². The third kappa shape index (κ3) is 3.50. The number of nitrogens with zero attached hydrogens (tertiary/aromatic N) is 3. The van der Waals surface area contributed by atoms with Crippen LogP contribution in [-0.2, 0) is 7.05 Å². The Balaban J connectivity index is 2.16. The van der Waals surface area contributed by atoms with Crippen LogP contribution in [0, 0.1) is 0 Å². The molecule has 0 bridgehead atoms. The van der Waals surface area contributed by atoms with Crippen LogP contribution in [0.25, 0.3) is 0 Å². The number of aromatic carboxylic acids is 1. The fourth-order valence-electron chi connectivity index (χ4n) is 2.40. The summed E-state index contributed by atoms with van der Waals surface area (Å²) in [4.78, 5) is 25.6. The van der Waals surface area contributed by atoms with Gasteiger partial charge in [-0.25, -0.2) is 4.79 Å². The number of carboxylic acids is 1. The molecule has 7 nitrogen and oxygen atoms in total. The molecule has 23 heavy (non-hydrogen) atoms. The lowest BCUT2D eigenvalue weighted by molar-refractivity contribution is 0.0680. The molecule has 0 atom stereocenters. The molecule has 0 aliphatic rings. The van der Waals surface area contributed by atoms with Crippen LogP contribution < -0.4 is 10.2 Å². The van der Waals surface area contributed by atoms with E-state index in [0.717, 1.165) is 18.8 Å². The Labute approximate surface area is 134 Å². The first-order valence-corrected chi connectivity index (χ1v) is 7.39. The lowest BCUT2D eigenvalue weighted by Gasteiger charge is -2.21. The van der Waals surface area contributed by atoms with Crippen LogP contribution in [0.5, 0.6) is 0 Å². The molecule has 0 radical (unpaired) electrons. The highest BCUT2D eigenvalue weighted by molar-refractivity contribution is 6.09. The predicted molar refractivity (Wildman–Crippen MR) is 88.1 cm³/mol. The zero-order chi connectivity index (χ0) is 17.0. The van der Waals surface area contributed by atoms with E-state index in [0.29, 0.717) is 5.69 Å². The van der Waals surface area contributed by atoms with Gasteiger partial charge in [0.2, 0.25) is 0 Å². The minimum absolute atomic E-state index is 0.0350. The number of anilines is 2. The van der Waals surface area contributed by atoms with E-state index in [9.17, 15) is 9.59 Å². The van der Waals surface area contributed by atoms with Gasteiger partial charge in [-0.05, 0) is 38.1 Å². The lowest BCUT2D eigenvalue weighted by atomic mass is 10.2. The molecule has 2 aromatic rings. The zero-order valence-electron chi connectivity index (χ0n) is 13.4. The largest absolute Gasteiger partial charge is 0.477 e. The second kappa shape index (κ2) is 6.95.